The molecule has 1 aliphatic heterocycles. The van der Waals surface area contributed by atoms with Gasteiger partial charge in [-0.3, -0.25) is 34.2 Å². The first kappa shape index (κ1) is 25.1. The summed E-state index contributed by atoms with van der Waals surface area (Å²) in [7, 11) is 0. The number of rotatable bonds is 3. The van der Waals surface area contributed by atoms with Crippen molar-refractivity contribution in [3.8, 4) is 5.75 Å². The number of carbonyl (C=O) groups is 4. The molecule has 0 radical (unpaired) electrons. The van der Waals surface area contributed by atoms with Gasteiger partial charge in [-0.2, -0.15) is 0 Å². The van der Waals surface area contributed by atoms with Crippen LogP contribution in [-0.2, 0) is 19.2 Å². The summed E-state index contributed by atoms with van der Waals surface area (Å²) in [6.07, 6.45) is 3.06. The number of anilines is 1. The van der Waals surface area contributed by atoms with Crippen LogP contribution in [0.5, 0.6) is 5.75 Å². The second kappa shape index (κ2) is 8.91. The number of imide groups is 1. The molecular weight excluding hydrogens is 575 g/mol. The maximum Gasteiger partial charge on any atom is 0.269 e. The van der Waals surface area contributed by atoms with E-state index >= 15 is 0 Å². The number of amides is 2. The average Bonchev–Trinajstić information content (AvgIpc) is 3.17. The molecule has 2 aromatic carbocycles. The van der Waals surface area contributed by atoms with E-state index < -0.39 is 63.5 Å². The number of aromatic hydroxyl groups is 1. The average molecular weight is 593 g/mol. The molecule has 1 heterocycles. The number of hydrogen-bond acceptors (Lipinski definition) is 7. The summed E-state index contributed by atoms with van der Waals surface area (Å²) in [5.74, 6) is -6.75. The Morgan fingerprint density at radius 2 is 1.74 bits per heavy atom. The molecule has 1 fully saturated rings. The Hall–Kier alpha value is -4.25. The van der Waals surface area contributed by atoms with Crippen molar-refractivity contribution < 1.29 is 33.6 Å². The third kappa shape index (κ3) is 3.63. The minimum absolute atomic E-state index is 0.00947. The lowest BCUT2D eigenvalue weighted by Gasteiger charge is -2.42. The van der Waals surface area contributed by atoms with Gasteiger partial charge in [0.25, 0.3) is 5.69 Å². The highest BCUT2D eigenvalue weighted by atomic mass is 79.9. The van der Waals surface area contributed by atoms with Crippen LogP contribution in [0.15, 0.2) is 75.8 Å². The molecule has 11 heteroatoms. The molecule has 4 atom stereocenters. The van der Waals surface area contributed by atoms with E-state index in [2.05, 4.69) is 15.9 Å². The Morgan fingerprint density at radius 3 is 2.44 bits per heavy atom. The van der Waals surface area contributed by atoms with Crippen molar-refractivity contribution >= 4 is 50.7 Å². The first-order chi connectivity index (χ1) is 18.6. The molecule has 39 heavy (non-hydrogen) atoms. The van der Waals surface area contributed by atoms with Crippen LogP contribution in [-0.4, -0.2) is 33.4 Å². The van der Waals surface area contributed by atoms with Gasteiger partial charge in [0, 0.05) is 40.8 Å². The lowest BCUT2D eigenvalue weighted by molar-refractivity contribution is -0.384. The first-order valence-corrected chi connectivity index (χ1v) is 12.9. The molecule has 0 bridgehead atoms. The second-order valence-corrected chi connectivity index (χ2v) is 10.7. The van der Waals surface area contributed by atoms with Gasteiger partial charge >= 0.3 is 0 Å². The number of carbonyl (C=O) groups excluding carboxylic acids is 4. The number of non-ortho nitro benzene ring substituents is 1. The van der Waals surface area contributed by atoms with E-state index in [0.717, 1.165) is 17.0 Å². The van der Waals surface area contributed by atoms with Gasteiger partial charge in [0.05, 0.1) is 26.9 Å². The Bertz CT molecular complexity index is 1620. The van der Waals surface area contributed by atoms with Gasteiger partial charge in [-0.15, -0.1) is 0 Å². The number of halogens is 2. The SMILES string of the molecule is O=C1C=C(Br)C(=O)C2=C1[C@@H](c1cccc(F)c1O)C1=CC[C@@H]3C(=O)N(c4ccc([N+](=O)[O-])cc4)C(=O)[C@@H]3[C@@H]1C2. The van der Waals surface area contributed by atoms with Crippen molar-refractivity contribution in [3.63, 3.8) is 0 Å². The number of nitrogens with zero attached hydrogens (tertiary/aromatic N) is 2. The molecule has 6 rings (SSSR count). The van der Waals surface area contributed by atoms with Gasteiger partial charge in [-0.05, 0) is 52.9 Å². The minimum Gasteiger partial charge on any atom is -0.505 e. The number of para-hydroxylation sites is 1. The first-order valence-electron chi connectivity index (χ1n) is 12.1. The Morgan fingerprint density at radius 1 is 1.03 bits per heavy atom. The van der Waals surface area contributed by atoms with Crippen LogP contribution in [0.3, 0.4) is 0 Å². The van der Waals surface area contributed by atoms with Crippen LogP contribution in [0.1, 0.15) is 24.3 Å². The van der Waals surface area contributed by atoms with Gasteiger partial charge < -0.3 is 5.11 Å². The number of ketones is 2. The number of fused-ring (bicyclic) bond motifs is 3. The van der Waals surface area contributed by atoms with Gasteiger partial charge in [0.2, 0.25) is 11.8 Å². The fourth-order valence-electron chi connectivity index (χ4n) is 6.30. The maximum absolute atomic E-state index is 14.5. The summed E-state index contributed by atoms with van der Waals surface area (Å²) < 4.78 is 14.5. The van der Waals surface area contributed by atoms with E-state index in [1.165, 1.54) is 36.4 Å². The fourth-order valence-corrected chi connectivity index (χ4v) is 6.75. The van der Waals surface area contributed by atoms with Crippen molar-refractivity contribution in [2.24, 2.45) is 17.8 Å². The van der Waals surface area contributed by atoms with Gasteiger partial charge in [-0.1, -0.05) is 23.8 Å². The molecule has 2 amide bonds. The largest absolute Gasteiger partial charge is 0.505 e. The quantitative estimate of drug-likeness (QED) is 0.183. The summed E-state index contributed by atoms with van der Waals surface area (Å²) in [6, 6.07) is 9.02. The molecule has 1 N–H and O–H groups in total. The number of phenols is 1. The molecule has 2 aromatic rings. The molecule has 0 aromatic heterocycles. The minimum atomic E-state index is -0.986. The van der Waals surface area contributed by atoms with Gasteiger partial charge in [0.1, 0.15) is 0 Å². The monoisotopic (exact) mass is 592 g/mol. The maximum atomic E-state index is 14.5. The molecule has 3 aliphatic carbocycles. The number of allylic oxidation sites excluding steroid dienone is 6. The zero-order valence-electron chi connectivity index (χ0n) is 20.0. The number of hydrogen-bond donors (Lipinski definition) is 1. The van der Waals surface area contributed by atoms with Crippen LogP contribution in [0.25, 0.3) is 0 Å². The topological polar surface area (TPSA) is 135 Å². The number of Topliss-reactive ketones (excluding diaryl/α,β-unsaturated/α-hetero) is 1. The van der Waals surface area contributed by atoms with Crippen LogP contribution in [0.4, 0.5) is 15.8 Å². The zero-order chi connectivity index (χ0) is 27.7. The standard InChI is InChI=1S/C28H18BrFN2O7/c29-19-11-21(33)24-18(25(19)34)10-17-14(22(24)15-2-1-3-20(30)26(15)35)8-9-16-23(17)28(37)31(27(16)36)12-4-6-13(7-5-12)32(38)39/h1-8,11,16-17,22-23,35H,9-10H2/t16-,17+,22+,23-/m0/s1. The highest BCUT2D eigenvalue weighted by Crippen LogP contribution is 2.56. The van der Waals surface area contributed by atoms with Crippen LogP contribution in [0, 0.1) is 33.7 Å². The van der Waals surface area contributed by atoms with Crippen molar-refractivity contribution in [2.75, 3.05) is 4.90 Å². The summed E-state index contributed by atoms with van der Waals surface area (Å²) in [5.41, 5.74) is 0.927. The normalized spacial score (nSPS) is 26.2. The number of nitro benzene ring substituents is 1. The number of nitro groups is 1. The van der Waals surface area contributed by atoms with E-state index in [0.29, 0.717) is 5.57 Å². The van der Waals surface area contributed by atoms with Gasteiger partial charge in [0.15, 0.2) is 23.1 Å². The third-order valence-corrected chi connectivity index (χ3v) is 8.57. The molecule has 1 saturated heterocycles. The number of phenolic OH excluding ortho intramolecular Hbond substituents is 1. The van der Waals surface area contributed by atoms with E-state index in [-0.39, 0.29) is 45.4 Å². The van der Waals surface area contributed by atoms with E-state index in [1.807, 2.05) is 0 Å². The molecule has 0 unspecified atom stereocenters. The van der Waals surface area contributed by atoms with Crippen LogP contribution >= 0.6 is 15.9 Å². The smallest absolute Gasteiger partial charge is 0.269 e. The van der Waals surface area contributed by atoms with Crippen LogP contribution < -0.4 is 4.90 Å². The highest BCUT2D eigenvalue weighted by molar-refractivity contribution is 9.12. The van der Waals surface area contributed by atoms with Crippen molar-refractivity contribution in [1.29, 1.82) is 0 Å². The lowest BCUT2D eigenvalue weighted by Crippen LogP contribution is -2.39. The summed E-state index contributed by atoms with van der Waals surface area (Å²) in [5, 5.41) is 21.7. The summed E-state index contributed by atoms with van der Waals surface area (Å²) in [6.45, 7) is 0. The Labute approximate surface area is 228 Å². The van der Waals surface area contributed by atoms with Gasteiger partial charge in [-0.25, -0.2) is 4.39 Å². The van der Waals surface area contributed by atoms with Crippen LogP contribution in [0.2, 0.25) is 0 Å². The molecule has 9 nitrogen and oxygen atoms in total. The van der Waals surface area contributed by atoms with E-state index in [9.17, 15) is 38.8 Å². The third-order valence-electron chi connectivity index (χ3n) is 7.98. The lowest BCUT2D eigenvalue weighted by atomic mass is 9.59. The van der Waals surface area contributed by atoms with E-state index in [4.69, 9.17) is 0 Å². The molecule has 4 aliphatic rings. The summed E-state index contributed by atoms with van der Waals surface area (Å²) in [4.78, 5) is 65.2. The molecule has 0 saturated carbocycles. The fraction of sp³-hybridized carbons (Fsp3) is 0.214. The van der Waals surface area contributed by atoms with Crippen molar-refractivity contribution in [3.05, 3.63) is 97.3 Å². The molecule has 196 valence electrons. The second-order valence-electron chi connectivity index (χ2n) is 9.86. The molecular formula is C28H18BrFN2O7. The van der Waals surface area contributed by atoms with E-state index in [1.54, 1.807) is 6.08 Å². The molecule has 0 spiro atoms. The van der Waals surface area contributed by atoms with Crippen molar-refractivity contribution in [2.45, 2.75) is 18.8 Å². The number of benzene rings is 2. The predicted octanol–water partition coefficient (Wildman–Crippen LogP) is 4.41. The zero-order valence-corrected chi connectivity index (χ0v) is 21.6. The predicted molar refractivity (Wildman–Crippen MR) is 138 cm³/mol. The van der Waals surface area contributed by atoms with Crippen molar-refractivity contribution in [1.82, 2.24) is 0 Å². The Balaban J connectivity index is 1.47. The Kier molecular flexibility index (Phi) is 5.72. The summed E-state index contributed by atoms with van der Waals surface area (Å²) >= 11 is 3.14. The highest BCUT2D eigenvalue weighted by Gasteiger charge is 2.57.